The van der Waals surface area contributed by atoms with Gasteiger partial charge in [0.15, 0.2) is 5.82 Å². The van der Waals surface area contributed by atoms with Crippen molar-refractivity contribution in [3.05, 3.63) is 82.9 Å². The van der Waals surface area contributed by atoms with Crippen molar-refractivity contribution in [3.63, 3.8) is 0 Å². The zero-order chi connectivity index (χ0) is 27.2. The highest BCUT2D eigenvalue weighted by atomic mass is 19.1. The lowest BCUT2D eigenvalue weighted by Crippen LogP contribution is -2.28. The van der Waals surface area contributed by atoms with Crippen LogP contribution in [0.1, 0.15) is 56.3 Å². The predicted octanol–water partition coefficient (Wildman–Crippen LogP) is 5.02. The van der Waals surface area contributed by atoms with Gasteiger partial charge in [0, 0.05) is 48.7 Å². The van der Waals surface area contributed by atoms with Crippen LogP contribution in [-0.2, 0) is 10.3 Å². The third-order valence-corrected chi connectivity index (χ3v) is 7.56. The van der Waals surface area contributed by atoms with Crippen LogP contribution < -0.4 is 11.6 Å². The Hall–Kier alpha value is -3.46. The van der Waals surface area contributed by atoms with Crippen LogP contribution in [0.4, 0.5) is 4.39 Å². The standard InChI is InChI=1S/C30H36FN5O2/c1-18(32)27(35(4)33)22-10-11-23-26-24(16-21(17-34-26)30(2,3)37)36(29(23)25(22)31)28(19-8-6-5-7-9-19)20-12-14-38-15-13-20/h5-11,16-17,20,28,37H,12-15,32-33H2,1-4H3/b27-18-. The minimum atomic E-state index is -1.11. The maximum absolute atomic E-state index is 16.8. The number of nitrogens with two attached hydrogens (primary N) is 2. The van der Waals surface area contributed by atoms with E-state index < -0.39 is 11.4 Å². The molecule has 8 heteroatoms. The quantitative estimate of drug-likeness (QED) is 0.245. The molecule has 1 saturated heterocycles. The predicted molar refractivity (Wildman–Crippen MR) is 149 cm³/mol. The van der Waals surface area contributed by atoms with Crippen LogP contribution in [0, 0.1) is 11.7 Å². The van der Waals surface area contributed by atoms with Gasteiger partial charge in [0.05, 0.1) is 33.9 Å². The van der Waals surface area contributed by atoms with E-state index in [0.717, 1.165) is 23.9 Å². The number of hydrazine groups is 1. The molecular formula is C30H36FN5O2. The summed E-state index contributed by atoms with van der Waals surface area (Å²) in [4.78, 5) is 4.76. The third kappa shape index (κ3) is 4.53. The zero-order valence-corrected chi connectivity index (χ0v) is 22.4. The number of fused-ring (bicyclic) bond motifs is 3. The van der Waals surface area contributed by atoms with Gasteiger partial charge in [-0.3, -0.25) is 4.98 Å². The maximum atomic E-state index is 16.8. The molecule has 200 valence electrons. The van der Waals surface area contributed by atoms with Gasteiger partial charge in [0.1, 0.15) is 0 Å². The average molecular weight is 518 g/mol. The lowest BCUT2D eigenvalue weighted by molar-refractivity contribution is 0.0552. The summed E-state index contributed by atoms with van der Waals surface area (Å²) >= 11 is 0. The van der Waals surface area contributed by atoms with Gasteiger partial charge in [-0.05, 0) is 63.3 Å². The first-order chi connectivity index (χ1) is 18.1. The van der Waals surface area contributed by atoms with Crippen molar-refractivity contribution < 1.29 is 14.2 Å². The second kappa shape index (κ2) is 10.0. The molecule has 3 heterocycles. The molecule has 0 radical (unpaired) electrons. The monoisotopic (exact) mass is 517 g/mol. The Morgan fingerprint density at radius 2 is 1.87 bits per heavy atom. The Balaban J connectivity index is 1.92. The molecule has 1 unspecified atom stereocenters. The largest absolute Gasteiger partial charge is 0.401 e. The number of hydrogen-bond acceptors (Lipinski definition) is 6. The number of rotatable bonds is 6. The first-order valence-corrected chi connectivity index (χ1v) is 13.0. The van der Waals surface area contributed by atoms with E-state index in [1.54, 1.807) is 40.1 Å². The minimum absolute atomic E-state index is 0.175. The van der Waals surface area contributed by atoms with Crippen LogP contribution in [0.5, 0.6) is 0 Å². The lowest BCUT2D eigenvalue weighted by atomic mass is 9.86. The normalized spacial score (nSPS) is 16.6. The summed E-state index contributed by atoms with van der Waals surface area (Å²) in [5, 5.41) is 12.9. The highest BCUT2D eigenvalue weighted by molar-refractivity contribution is 6.07. The van der Waals surface area contributed by atoms with Crippen molar-refractivity contribution in [3.8, 4) is 0 Å². The number of aliphatic hydroxyl groups is 1. The summed E-state index contributed by atoms with van der Waals surface area (Å²) in [5.41, 5.74) is 9.86. The summed E-state index contributed by atoms with van der Waals surface area (Å²) in [6, 6.07) is 15.6. The number of aromatic nitrogens is 2. The molecule has 0 saturated carbocycles. The molecule has 1 atom stereocenters. The van der Waals surface area contributed by atoms with E-state index in [2.05, 4.69) is 16.7 Å². The molecule has 5 N–H and O–H groups in total. The molecule has 5 rings (SSSR count). The summed E-state index contributed by atoms with van der Waals surface area (Å²) in [7, 11) is 1.65. The number of pyridine rings is 1. The van der Waals surface area contributed by atoms with Crippen molar-refractivity contribution in [2.75, 3.05) is 20.3 Å². The fourth-order valence-corrected chi connectivity index (χ4v) is 5.76. The molecule has 38 heavy (non-hydrogen) atoms. The van der Waals surface area contributed by atoms with E-state index in [4.69, 9.17) is 21.3 Å². The second-order valence-electron chi connectivity index (χ2n) is 10.8. The Morgan fingerprint density at radius 1 is 1.18 bits per heavy atom. The maximum Gasteiger partial charge on any atom is 0.156 e. The molecule has 2 aromatic heterocycles. The van der Waals surface area contributed by atoms with E-state index in [1.165, 1.54) is 5.01 Å². The highest BCUT2D eigenvalue weighted by Crippen LogP contribution is 2.43. The molecule has 1 aliphatic rings. The minimum Gasteiger partial charge on any atom is -0.401 e. The second-order valence-corrected chi connectivity index (χ2v) is 10.8. The Morgan fingerprint density at radius 3 is 2.47 bits per heavy atom. The van der Waals surface area contributed by atoms with Gasteiger partial charge in [-0.2, -0.15) is 0 Å². The number of halogens is 1. The average Bonchev–Trinajstić information content (AvgIpc) is 3.20. The van der Waals surface area contributed by atoms with Gasteiger partial charge in [-0.15, -0.1) is 0 Å². The number of nitrogens with zero attached hydrogens (tertiary/aromatic N) is 3. The van der Waals surface area contributed by atoms with E-state index in [1.807, 2.05) is 30.3 Å². The molecule has 0 spiro atoms. The molecule has 1 aliphatic heterocycles. The van der Waals surface area contributed by atoms with Crippen molar-refractivity contribution in [2.24, 2.45) is 17.5 Å². The number of benzene rings is 2. The van der Waals surface area contributed by atoms with E-state index in [9.17, 15) is 5.11 Å². The smallest absolute Gasteiger partial charge is 0.156 e. The fraction of sp³-hybridized carbons (Fsp3) is 0.367. The first-order valence-electron chi connectivity index (χ1n) is 13.0. The number of allylic oxidation sites excluding steroid dienone is 1. The van der Waals surface area contributed by atoms with E-state index in [0.29, 0.717) is 52.2 Å². The lowest BCUT2D eigenvalue weighted by Gasteiger charge is -2.33. The van der Waals surface area contributed by atoms with Crippen LogP contribution >= 0.6 is 0 Å². The molecular weight excluding hydrogens is 481 g/mol. The number of hydrogen-bond donors (Lipinski definition) is 3. The van der Waals surface area contributed by atoms with Gasteiger partial charge < -0.3 is 25.2 Å². The van der Waals surface area contributed by atoms with Crippen LogP contribution in [-0.4, -0.2) is 39.9 Å². The van der Waals surface area contributed by atoms with Crippen LogP contribution in [0.15, 0.2) is 60.4 Å². The molecule has 0 amide bonds. The molecule has 0 aliphatic carbocycles. The van der Waals surface area contributed by atoms with Crippen molar-refractivity contribution in [2.45, 2.75) is 45.3 Å². The van der Waals surface area contributed by atoms with Crippen LogP contribution in [0.25, 0.3) is 27.6 Å². The Bertz CT molecular complexity index is 1490. The highest BCUT2D eigenvalue weighted by Gasteiger charge is 2.32. The molecule has 2 aromatic carbocycles. The van der Waals surface area contributed by atoms with Gasteiger partial charge in [-0.1, -0.05) is 30.3 Å². The summed E-state index contributed by atoms with van der Waals surface area (Å²) in [6.07, 6.45) is 3.37. The van der Waals surface area contributed by atoms with Gasteiger partial charge in [-0.25, -0.2) is 10.2 Å². The van der Waals surface area contributed by atoms with E-state index in [-0.39, 0.29) is 12.0 Å². The van der Waals surface area contributed by atoms with E-state index >= 15 is 4.39 Å². The van der Waals surface area contributed by atoms with Crippen molar-refractivity contribution in [1.82, 2.24) is 14.6 Å². The summed E-state index contributed by atoms with van der Waals surface area (Å²) < 4.78 is 24.6. The first kappa shape index (κ1) is 26.2. The fourth-order valence-electron chi connectivity index (χ4n) is 5.76. The zero-order valence-electron chi connectivity index (χ0n) is 22.4. The molecule has 4 aromatic rings. The Kier molecular flexibility index (Phi) is 6.90. The summed E-state index contributed by atoms with van der Waals surface area (Å²) in [5.74, 6) is 5.90. The SMILES string of the molecule is C/C(N)=C(\c1ccc2c3ncc(C(C)(C)O)cc3n(C(c3ccccc3)C3CCOCC3)c2c1F)N(C)N. The van der Waals surface area contributed by atoms with Crippen LogP contribution in [0.3, 0.4) is 0 Å². The number of ether oxygens (including phenoxy) is 1. The van der Waals surface area contributed by atoms with Gasteiger partial charge in [0.2, 0.25) is 0 Å². The molecule has 7 nitrogen and oxygen atoms in total. The van der Waals surface area contributed by atoms with Crippen molar-refractivity contribution >= 4 is 27.6 Å². The topological polar surface area (TPSA) is 103 Å². The van der Waals surface area contributed by atoms with Crippen LogP contribution in [0.2, 0.25) is 0 Å². The Labute approximate surface area is 222 Å². The third-order valence-electron chi connectivity index (χ3n) is 7.56. The summed E-state index contributed by atoms with van der Waals surface area (Å²) in [6.45, 7) is 6.48. The van der Waals surface area contributed by atoms with Crippen molar-refractivity contribution in [1.29, 1.82) is 0 Å². The van der Waals surface area contributed by atoms with Gasteiger partial charge >= 0.3 is 0 Å². The molecule has 0 bridgehead atoms. The van der Waals surface area contributed by atoms with Gasteiger partial charge in [0.25, 0.3) is 0 Å². The molecule has 1 fully saturated rings.